The Morgan fingerprint density at radius 2 is 1.77 bits per heavy atom. The first-order chi connectivity index (χ1) is 19.3. The van der Waals surface area contributed by atoms with E-state index < -0.39 is 58.9 Å². The molecule has 2 fully saturated rings. The van der Waals surface area contributed by atoms with Gasteiger partial charge in [0.2, 0.25) is 17.7 Å². The zero-order valence-corrected chi connectivity index (χ0v) is 21.6. The number of nitrogens with one attached hydrogen (secondary N) is 2. The molecule has 3 aliphatic heterocycles. The quantitative estimate of drug-likeness (QED) is 0.476. The van der Waals surface area contributed by atoms with Crippen LogP contribution in [0.5, 0.6) is 0 Å². The Balaban J connectivity index is 1.42. The maximum Gasteiger partial charge on any atom is 0.247 e. The van der Waals surface area contributed by atoms with E-state index in [2.05, 4.69) is 10.6 Å². The normalized spacial score (nSPS) is 27.1. The SMILES string of the molecule is Cc1ccc(NC(=O)[C@H]2[C@H]3C(=O)N(Cc4ccccc4F)[C@@H](c4ccc(F)cc4)C(=O)NC[C@@]34C=C[C@H]2O4)cc1. The van der Waals surface area contributed by atoms with Gasteiger partial charge >= 0.3 is 0 Å². The van der Waals surface area contributed by atoms with E-state index in [-0.39, 0.29) is 18.7 Å². The number of anilines is 1. The highest BCUT2D eigenvalue weighted by Crippen LogP contribution is 2.49. The van der Waals surface area contributed by atoms with Crippen LogP contribution in [0.2, 0.25) is 0 Å². The zero-order chi connectivity index (χ0) is 28.0. The van der Waals surface area contributed by atoms with Gasteiger partial charge in [-0.2, -0.15) is 0 Å². The lowest BCUT2D eigenvalue weighted by Crippen LogP contribution is -2.59. The average Bonchev–Trinajstić information content (AvgIpc) is 3.51. The zero-order valence-electron chi connectivity index (χ0n) is 21.6. The van der Waals surface area contributed by atoms with Crippen LogP contribution in [-0.4, -0.2) is 40.9 Å². The highest BCUT2D eigenvalue weighted by Gasteiger charge is 2.64. The maximum atomic E-state index is 14.8. The van der Waals surface area contributed by atoms with Gasteiger partial charge in [-0.1, -0.05) is 60.2 Å². The number of hydrogen-bond acceptors (Lipinski definition) is 4. The highest BCUT2D eigenvalue weighted by atomic mass is 19.1. The molecule has 2 N–H and O–H groups in total. The van der Waals surface area contributed by atoms with Gasteiger partial charge in [0.25, 0.3) is 0 Å². The molecule has 6 rings (SSSR count). The molecule has 204 valence electrons. The van der Waals surface area contributed by atoms with Crippen molar-refractivity contribution in [1.82, 2.24) is 10.2 Å². The van der Waals surface area contributed by atoms with Gasteiger partial charge in [-0.3, -0.25) is 14.4 Å². The summed E-state index contributed by atoms with van der Waals surface area (Å²) < 4.78 is 34.9. The van der Waals surface area contributed by atoms with Gasteiger partial charge in [-0.05, 0) is 42.8 Å². The van der Waals surface area contributed by atoms with Gasteiger partial charge in [0, 0.05) is 17.8 Å². The maximum absolute atomic E-state index is 14.8. The molecule has 0 aliphatic carbocycles. The molecule has 3 amide bonds. The molecule has 0 unspecified atom stereocenters. The Morgan fingerprint density at radius 1 is 1.05 bits per heavy atom. The molecule has 3 heterocycles. The van der Waals surface area contributed by atoms with Crippen molar-refractivity contribution in [2.75, 3.05) is 11.9 Å². The smallest absolute Gasteiger partial charge is 0.247 e. The largest absolute Gasteiger partial charge is 0.360 e. The number of aryl methyl sites for hydroxylation is 1. The summed E-state index contributed by atoms with van der Waals surface area (Å²) in [6, 6.07) is 17.4. The lowest BCUT2D eigenvalue weighted by Gasteiger charge is -2.42. The molecule has 3 aliphatic rings. The number of carbonyl (C=O) groups excluding carboxylic acids is 3. The van der Waals surface area contributed by atoms with E-state index >= 15 is 0 Å². The van der Waals surface area contributed by atoms with E-state index in [9.17, 15) is 23.2 Å². The van der Waals surface area contributed by atoms with E-state index in [0.717, 1.165) is 5.56 Å². The fourth-order valence-electron chi connectivity index (χ4n) is 5.91. The highest BCUT2D eigenvalue weighted by molar-refractivity contribution is 6.00. The summed E-state index contributed by atoms with van der Waals surface area (Å²) in [6.45, 7) is 1.66. The lowest BCUT2D eigenvalue weighted by molar-refractivity contribution is -0.153. The number of hydrogen-bond donors (Lipinski definition) is 2. The predicted octanol–water partition coefficient (Wildman–Crippen LogP) is 4.05. The fraction of sp³-hybridized carbons (Fsp3) is 0.258. The molecule has 2 bridgehead atoms. The van der Waals surface area contributed by atoms with Gasteiger partial charge in [0.15, 0.2) is 0 Å². The molecule has 0 radical (unpaired) electrons. The van der Waals surface area contributed by atoms with Crippen LogP contribution in [0.4, 0.5) is 14.5 Å². The van der Waals surface area contributed by atoms with Crippen molar-refractivity contribution in [2.24, 2.45) is 11.8 Å². The first-order valence-corrected chi connectivity index (χ1v) is 13.1. The predicted molar refractivity (Wildman–Crippen MR) is 143 cm³/mol. The molecular formula is C31H27F2N3O4. The molecule has 0 saturated carbocycles. The molecule has 7 nitrogen and oxygen atoms in total. The topological polar surface area (TPSA) is 87.7 Å². The van der Waals surface area contributed by atoms with Gasteiger partial charge in [-0.25, -0.2) is 8.78 Å². The van der Waals surface area contributed by atoms with Crippen molar-refractivity contribution in [3.63, 3.8) is 0 Å². The molecular weight excluding hydrogens is 516 g/mol. The fourth-order valence-corrected chi connectivity index (χ4v) is 5.91. The van der Waals surface area contributed by atoms with Crippen molar-refractivity contribution in [1.29, 1.82) is 0 Å². The van der Waals surface area contributed by atoms with Crippen LogP contribution in [-0.2, 0) is 25.7 Å². The van der Waals surface area contributed by atoms with Crippen molar-refractivity contribution in [3.8, 4) is 0 Å². The number of amides is 3. The van der Waals surface area contributed by atoms with E-state index in [1.54, 1.807) is 30.4 Å². The summed E-state index contributed by atoms with van der Waals surface area (Å²) in [6.07, 6.45) is 2.79. The van der Waals surface area contributed by atoms with Gasteiger partial charge in [0.1, 0.15) is 23.3 Å². The number of rotatable bonds is 5. The van der Waals surface area contributed by atoms with Crippen LogP contribution in [0.3, 0.4) is 0 Å². The molecule has 3 aromatic carbocycles. The first kappa shape index (κ1) is 25.9. The minimum atomic E-state index is -1.24. The number of benzene rings is 3. The Kier molecular flexibility index (Phi) is 6.46. The summed E-state index contributed by atoms with van der Waals surface area (Å²) in [7, 11) is 0. The number of halogens is 2. The molecule has 1 spiro atoms. The Bertz CT molecular complexity index is 1510. The van der Waals surface area contributed by atoms with E-state index in [0.29, 0.717) is 11.3 Å². The van der Waals surface area contributed by atoms with Crippen LogP contribution in [0.1, 0.15) is 22.7 Å². The van der Waals surface area contributed by atoms with Crippen LogP contribution in [0.15, 0.2) is 84.9 Å². The molecule has 40 heavy (non-hydrogen) atoms. The second-order valence-corrected chi connectivity index (χ2v) is 10.5. The summed E-state index contributed by atoms with van der Waals surface area (Å²) in [5.41, 5.74) is 0.930. The minimum Gasteiger partial charge on any atom is -0.360 e. The van der Waals surface area contributed by atoms with Crippen molar-refractivity contribution < 1.29 is 27.9 Å². The summed E-state index contributed by atoms with van der Waals surface area (Å²) in [5, 5.41) is 5.78. The third kappa shape index (κ3) is 4.46. The Hall–Kier alpha value is -4.37. The van der Waals surface area contributed by atoms with E-state index in [4.69, 9.17) is 4.74 Å². The van der Waals surface area contributed by atoms with Crippen LogP contribution < -0.4 is 10.6 Å². The number of nitrogens with zero attached hydrogens (tertiary/aromatic N) is 1. The second-order valence-electron chi connectivity index (χ2n) is 10.5. The standard InChI is InChI=1S/C31H27F2N3O4/c1-18-6-12-22(13-7-18)35-28(37)25-24-14-15-31(40-24)17-34-29(38)27(19-8-10-21(32)11-9-19)36(30(39)26(25)31)16-20-4-2-3-5-23(20)33/h2-15,24-27H,16-17H2,1H3,(H,34,38)(H,35,37)/t24-,25-,26+,27+,31+/m1/s1. The van der Waals surface area contributed by atoms with Crippen LogP contribution >= 0.6 is 0 Å². The summed E-state index contributed by atoms with van der Waals surface area (Å²) in [5.74, 6) is -4.37. The lowest BCUT2D eigenvalue weighted by atomic mass is 9.73. The van der Waals surface area contributed by atoms with Gasteiger partial charge in [-0.15, -0.1) is 0 Å². The van der Waals surface area contributed by atoms with Gasteiger partial charge < -0.3 is 20.3 Å². The molecule has 3 aromatic rings. The average molecular weight is 544 g/mol. The molecule has 9 heteroatoms. The Labute approximate surface area is 229 Å². The minimum absolute atomic E-state index is 0.0330. The number of carbonyl (C=O) groups is 3. The van der Waals surface area contributed by atoms with Crippen LogP contribution in [0.25, 0.3) is 0 Å². The molecule has 0 aromatic heterocycles. The summed E-state index contributed by atoms with van der Waals surface area (Å²) >= 11 is 0. The third-order valence-corrected chi connectivity index (χ3v) is 7.92. The summed E-state index contributed by atoms with van der Waals surface area (Å²) in [4.78, 5) is 43.1. The van der Waals surface area contributed by atoms with Crippen LogP contribution in [0, 0.1) is 30.4 Å². The first-order valence-electron chi connectivity index (χ1n) is 13.1. The molecule has 5 atom stereocenters. The Morgan fingerprint density at radius 3 is 2.50 bits per heavy atom. The van der Waals surface area contributed by atoms with Crippen molar-refractivity contribution in [2.45, 2.75) is 31.2 Å². The van der Waals surface area contributed by atoms with Crippen molar-refractivity contribution in [3.05, 3.63) is 113 Å². The number of ether oxygens (including phenoxy) is 1. The van der Waals surface area contributed by atoms with E-state index in [1.807, 2.05) is 19.1 Å². The molecule has 2 saturated heterocycles. The number of fused-ring (bicyclic) bond motifs is 1. The second kappa shape index (κ2) is 9.98. The van der Waals surface area contributed by atoms with Gasteiger partial charge in [0.05, 0.1) is 24.5 Å². The third-order valence-electron chi connectivity index (χ3n) is 7.92. The van der Waals surface area contributed by atoms with Crippen molar-refractivity contribution >= 4 is 23.4 Å². The monoisotopic (exact) mass is 543 g/mol. The van der Waals surface area contributed by atoms with E-state index in [1.165, 1.54) is 47.4 Å².